The van der Waals surface area contributed by atoms with Gasteiger partial charge in [0, 0.05) is 31.9 Å². The Bertz CT molecular complexity index is 541. The van der Waals surface area contributed by atoms with Crippen LogP contribution in [0.4, 0.5) is 4.79 Å². The summed E-state index contributed by atoms with van der Waals surface area (Å²) in [6, 6.07) is -0.353. The zero-order valence-corrected chi connectivity index (χ0v) is 20.0. The summed E-state index contributed by atoms with van der Waals surface area (Å²) in [7, 11) is 2.07. The summed E-state index contributed by atoms with van der Waals surface area (Å²) in [4.78, 5) is 28.9. The number of hydrogen-bond donors (Lipinski definition) is 2. The van der Waals surface area contributed by atoms with Crippen molar-refractivity contribution in [1.29, 1.82) is 0 Å². The van der Waals surface area contributed by atoms with Crippen LogP contribution in [0.15, 0.2) is 0 Å². The number of thioether (sulfide) groups is 1. The van der Waals surface area contributed by atoms with Crippen molar-refractivity contribution < 1.29 is 19.4 Å². The molecule has 2 fully saturated rings. The van der Waals surface area contributed by atoms with Gasteiger partial charge < -0.3 is 25.0 Å². The van der Waals surface area contributed by atoms with Crippen molar-refractivity contribution in [3.8, 4) is 0 Å². The molecule has 2 aliphatic rings. The van der Waals surface area contributed by atoms with Crippen LogP contribution < -0.4 is 5.32 Å². The third-order valence-electron chi connectivity index (χ3n) is 5.85. The van der Waals surface area contributed by atoms with Crippen LogP contribution in [0.5, 0.6) is 0 Å². The molecule has 0 aromatic heterocycles. The molecular formula is C22H41N3O4S. The average molecular weight is 444 g/mol. The van der Waals surface area contributed by atoms with Gasteiger partial charge >= 0.3 is 6.09 Å². The van der Waals surface area contributed by atoms with Gasteiger partial charge in [-0.15, -0.1) is 11.8 Å². The first-order valence-electron chi connectivity index (χ1n) is 11.4. The van der Waals surface area contributed by atoms with Crippen molar-refractivity contribution in [2.45, 2.75) is 77.0 Å². The zero-order valence-electron chi connectivity index (χ0n) is 19.2. The first kappa shape index (κ1) is 25.3. The van der Waals surface area contributed by atoms with E-state index in [0.29, 0.717) is 17.4 Å². The topological polar surface area (TPSA) is 82.1 Å². The molecule has 1 saturated carbocycles. The molecule has 2 N–H and O–H groups in total. The molecule has 0 radical (unpaired) electrons. The second-order valence-corrected chi connectivity index (χ2v) is 10.8. The Balaban J connectivity index is 1.83. The second-order valence-electron chi connectivity index (χ2n) is 9.76. The fraction of sp³-hybridized carbons (Fsp3) is 0.909. The number of aliphatic hydroxyl groups excluding tert-OH is 1. The van der Waals surface area contributed by atoms with E-state index in [9.17, 15) is 14.7 Å². The Morgan fingerprint density at radius 2 is 1.77 bits per heavy atom. The molecule has 8 heteroatoms. The normalized spacial score (nSPS) is 21.2. The average Bonchev–Trinajstić information content (AvgIpc) is 2.67. The van der Waals surface area contributed by atoms with Gasteiger partial charge in [-0.3, -0.25) is 4.79 Å². The van der Waals surface area contributed by atoms with E-state index < -0.39 is 17.8 Å². The molecular weight excluding hydrogens is 402 g/mol. The van der Waals surface area contributed by atoms with E-state index in [1.165, 1.54) is 31.0 Å². The predicted molar refractivity (Wildman–Crippen MR) is 122 cm³/mol. The second kappa shape index (κ2) is 12.2. The number of likely N-dealkylation sites (N-methyl/N-ethyl adjacent to an activating group) is 1. The molecule has 0 aromatic rings. The van der Waals surface area contributed by atoms with Gasteiger partial charge in [-0.1, -0.05) is 32.1 Å². The molecule has 1 saturated heterocycles. The van der Waals surface area contributed by atoms with Crippen LogP contribution in [-0.2, 0) is 9.53 Å². The van der Waals surface area contributed by atoms with E-state index in [4.69, 9.17) is 4.74 Å². The Kier molecular flexibility index (Phi) is 10.2. The maximum atomic E-state index is 12.4. The van der Waals surface area contributed by atoms with Crippen LogP contribution in [0, 0.1) is 5.92 Å². The molecule has 174 valence electrons. The number of aliphatic hydroxyl groups is 1. The van der Waals surface area contributed by atoms with E-state index in [1.807, 2.05) is 25.7 Å². The molecule has 2 rings (SSSR count). The van der Waals surface area contributed by atoms with Crippen LogP contribution in [0.1, 0.15) is 59.3 Å². The monoisotopic (exact) mass is 443 g/mol. The van der Waals surface area contributed by atoms with Gasteiger partial charge in [-0.25, -0.2) is 4.79 Å². The summed E-state index contributed by atoms with van der Waals surface area (Å²) < 4.78 is 5.41. The number of hydrogen-bond acceptors (Lipinski definition) is 6. The molecule has 1 aliphatic carbocycles. The number of piperazine rings is 1. The van der Waals surface area contributed by atoms with Crippen molar-refractivity contribution in [3.05, 3.63) is 0 Å². The van der Waals surface area contributed by atoms with Crippen molar-refractivity contribution in [1.82, 2.24) is 15.1 Å². The summed E-state index contributed by atoms with van der Waals surface area (Å²) in [6.45, 7) is 8.84. The minimum Gasteiger partial charge on any atom is -0.444 e. The lowest BCUT2D eigenvalue weighted by Crippen LogP contribution is -2.48. The number of rotatable bonds is 8. The fourth-order valence-corrected chi connectivity index (χ4v) is 5.03. The van der Waals surface area contributed by atoms with Crippen molar-refractivity contribution >= 4 is 23.8 Å². The third kappa shape index (κ3) is 9.43. The number of carbonyl (C=O) groups is 2. The fourth-order valence-electron chi connectivity index (χ4n) is 4.08. The van der Waals surface area contributed by atoms with Crippen LogP contribution in [0.2, 0.25) is 0 Å². The summed E-state index contributed by atoms with van der Waals surface area (Å²) >= 11 is 1.45. The standard InChI is InChI=1S/C22H41N3O4S/c1-22(2,3)29-21(28)23-18(14-17-8-6-5-7-9-17)19(26)15-30-16-20(27)25-12-10-24(4)11-13-25/h17-19,26H,5-16H2,1-4H3,(H,23,28). The van der Waals surface area contributed by atoms with Crippen molar-refractivity contribution in [2.24, 2.45) is 5.92 Å². The minimum atomic E-state index is -0.704. The summed E-state index contributed by atoms with van der Waals surface area (Å²) in [5.74, 6) is 1.44. The summed E-state index contributed by atoms with van der Waals surface area (Å²) in [5, 5.41) is 13.7. The van der Waals surface area contributed by atoms with Gasteiger partial charge in [-0.2, -0.15) is 0 Å². The maximum Gasteiger partial charge on any atom is 0.407 e. The molecule has 1 aliphatic heterocycles. The van der Waals surface area contributed by atoms with Gasteiger partial charge in [0.15, 0.2) is 0 Å². The van der Waals surface area contributed by atoms with Crippen LogP contribution in [-0.4, -0.2) is 89.4 Å². The molecule has 1 heterocycles. The number of alkyl carbamates (subject to hydrolysis) is 1. The SMILES string of the molecule is CN1CCN(C(=O)CSCC(O)C(CC2CCCCC2)NC(=O)OC(C)(C)C)CC1. The number of carbonyl (C=O) groups excluding carboxylic acids is 2. The first-order chi connectivity index (χ1) is 14.1. The van der Waals surface area contributed by atoms with Crippen LogP contribution in [0.25, 0.3) is 0 Å². The van der Waals surface area contributed by atoms with Crippen LogP contribution >= 0.6 is 11.8 Å². The smallest absolute Gasteiger partial charge is 0.407 e. The minimum absolute atomic E-state index is 0.129. The molecule has 0 bridgehead atoms. The highest BCUT2D eigenvalue weighted by Gasteiger charge is 2.28. The Labute approximate surface area is 186 Å². The summed E-state index contributed by atoms with van der Waals surface area (Å²) in [5.41, 5.74) is -0.575. The van der Waals surface area contributed by atoms with Gasteiger partial charge in [0.25, 0.3) is 0 Å². The number of nitrogens with one attached hydrogen (secondary N) is 1. The molecule has 7 nitrogen and oxygen atoms in total. The van der Waals surface area contributed by atoms with E-state index in [0.717, 1.165) is 45.4 Å². The highest BCUT2D eigenvalue weighted by Crippen LogP contribution is 2.28. The molecule has 2 amide bonds. The highest BCUT2D eigenvalue weighted by molar-refractivity contribution is 7.99. The Morgan fingerprint density at radius 1 is 1.13 bits per heavy atom. The lowest BCUT2D eigenvalue weighted by Gasteiger charge is -2.33. The van der Waals surface area contributed by atoms with E-state index in [-0.39, 0.29) is 11.9 Å². The molecule has 0 spiro atoms. The third-order valence-corrected chi connectivity index (χ3v) is 6.88. The lowest BCUT2D eigenvalue weighted by atomic mass is 9.84. The number of ether oxygens (including phenoxy) is 1. The van der Waals surface area contributed by atoms with Gasteiger partial charge in [-0.05, 0) is 40.2 Å². The first-order valence-corrected chi connectivity index (χ1v) is 12.5. The van der Waals surface area contributed by atoms with Crippen molar-refractivity contribution in [2.75, 3.05) is 44.7 Å². The highest BCUT2D eigenvalue weighted by atomic mass is 32.2. The van der Waals surface area contributed by atoms with E-state index in [1.54, 1.807) is 0 Å². The van der Waals surface area contributed by atoms with E-state index >= 15 is 0 Å². The largest absolute Gasteiger partial charge is 0.444 e. The van der Waals surface area contributed by atoms with Crippen LogP contribution in [0.3, 0.4) is 0 Å². The molecule has 2 atom stereocenters. The predicted octanol–water partition coefficient (Wildman–Crippen LogP) is 2.72. The Hall–Kier alpha value is -0.990. The number of nitrogens with zero attached hydrogens (tertiary/aromatic N) is 2. The molecule has 0 aromatic carbocycles. The quantitative estimate of drug-likeness (QED) is 0.600. The zero-order chi connectivity index (χ0) is 22.1. The summed E-state index contributed by atoms with van der Waals surface area (Å²) in [6.07, 6.45) is 5.57. The van der Waals surface area contributed by atoms with Gasteiger partial charge in [0.05, 0.1) is 17.9 Å². The van der Waals surface area contributed by atoms with Gasteiger partial charge in [0.2, 0.25) is 5.91 Å². The maximum absolute atomic E-state index is 12.4. The molecule has 2 unspecified atom stereocenters. The Morgan fingerprint density at radius 3 is 2.37 bits per heavy atom. The van der Waals surface area contributed by atoms with Crippen molar-refractivity contribution in [3.63, 3.8) is 0 Å². The van der Waals surface area contributed by atoms with Gasteiger partial charge in [0.1, 0.15) is 5.60 Å². The lowest BCUT2D eigenvalue weighted by molar-refractivity contribution is -0.129. The molecule has 30 heavy (non-hydrogen) atoms. The number of amides is 2. The van der Waals surface area contributed by atoms with E-state index in [2.05, 4.69) is 17.3 Å².